The third kappa shape index (κ3) is 3.99. The van der Waals surface area contributed by atoms with Crippen LogP contribution in [0.1, 0.15) is 31.4 Å². The molecule has 3 rings (SSSR count). The highest BCUT2D eigenvalue weighted by Gasteiger charge is 2.14. The predicted molar refractivity (Wildman–Crippen MR) is 99.9 cm³/mol. The van der Waals surface area contributed by atoms with Gasteiger partial charge in [0.2, 0.25) is 5.91 Å². The van der Waals surface area contributed by atoms with E-state index in [1.165, 1.54) is 0 Å². The number of para-hydroxylation sites is 2. The first kappa shape index (κ1) is 17.0. The summed E-state index contributed by atoms with van der Waals surface area (Å²) < 4.78 is 7.29. The molecule has 2 aromatic heterocycles. The number of imidazole rings is 1. The molecule has 25 heavy (non-hydrogen) atoms. The number of likely N-dealkylation sites (N-methyl/N-ethyl adjacent to an activating group) is 1. The number of furan rings is 1. The lowest BCUT2D eigenvalue weighted by atomic mass is 10.3. The molecule has 0 saturated heterocycles. The van der Waals surface area contributed by atoms with Crippen LogP contribution in [0.3, 0.4) is 0 Å². The second-order valence-corrected chi connectivity index (χ2v) is 6.06. The number of unbranched alkanes of at least 4 members (excludes halogenated alkanes) is 1. The maximum Gasteiger partial charge on any atom is 0.242 e. The molecule has 0 bridgehead atoms. The minimum atomic E-state index is 0.0873. The van der Waals surface area contributed by atoms with Crippen molar-refractivity contribution in [2.24, 2.45) is 0 Å². The van der Waals surface area contributed by atoms with Gasteiger partial charge in [0.25, 0.3) is 0 Å². The Morgan fingerprint density at radius 2 is 2.08 bits per heavy atom. The summed E-state index contributed by atoms with van der Waals surface area (Å²) in [5, 5.41) is 0. The van der Waals surface area contributed by atoms with Gasteiger partial charge in [-0.25, -0.2) is 4.98 Å². The highest BCUT2D eigenvalue weighted by Crippen LogP contribution is 2.18. The van der Waals surface area contributed by atoms with Gasteiger partial charge in [-0.2, -0.15) is 0 Å². The fourth-order valence-corrected chi connectivity index (χ4v) is 2.71. The van der Waals surface area contributed by atoms with E-state index in [1.807, 2.05) is 60.2 Å². The molecule has 0 aliphatic rings. The van der Waals surface area contributed by atoms with Gasteiger partial charge in [-0.15, -0.1) is 0 Å². The van der Waals surface area contributed by atoms with Gasteiger partial charge in [-0.3, -0.25) is 4.79 Å². The standard InChI is InChI=1S/C20H23N3O2/c1-3-4-13-22(2)20(24)15-23-18-10-6-5-9-17(18)21-19(23)12-11-16-8-7-14-25-16/h5-12,14H,3-4,13,15H2,1-2H3/b12-11+. The van der Waals surface area contributed by atoms with Crippen molar-refractivity contribution in [2.45, 2.75) is 26.3 Å². The second-order valence-electron chi connectivity index (χ2n) is 6.06. The van der Waals surface area contributed by atoms with Gasteiger partial charge in [0.15, 0.2) is 0 Å². The van der Waals surface area contributed by atoms with Crippen LogP contribution >= 0.6 is 0 Å². The molecule has 0 fully saturated rings. The van der Waals surface area contributed by atoms with Crippen LogP contribution in [0, 0.1) is 0 Å². The third-order valence-electron chi connectivity index (χ3n) is 4.19. The van der Waals surface area contributed by atoms with Crippen LogP contribution < -0.4 is 0 Å². The van der Waals surface area contributed by atoms with Crippen LogP contribution in [0.4, 0.5) is 0 Å². The Bertz CT molecular complexity index is 862. The molecule has 2 heterocycles. The lowest BCUT2D eigenvalue weighted by Gasteiger charge is -2.17. The Kier molecular flexibility index (Phi) is 5.33. The molecular formula is C20H23N3O2. The molecule has 5 nitrogen and oxygen atoms in total. The summed E-state index contributed by atoms with van der Waals surface area (Å²) in [5.41, 5.74) is 1.84. The van der Waals surface area contributed by atoms with E-state index in [2.05, 4.69) is 11.9 Å². The molecule has 0 aliphatic heterocycles. The van der Waals surface area contributed by atoms with Crippen LogP contribution in [0.5, 0.6) is 0 Å². The van der Waals surface area contributed by atoms with E-state index in [1.54, 1.807) is 11.2 Å². The molecule has 0 saturated carbocycles. The fourth-order valence-electron chi connectivity index (χ4n) is 2.71. The molecule has 0 N–H and O–H groups in total. The number of aromatic nitrogens is 2. The van der Waals surface area contributed by atoms with E-state index in [-0.39, 0.29) is 12.5 Å². The van der Waals surface area contributed by atoms with E-state index >= 15 is 0 Å². The first-order chi connectivity index (χ1) is 12.2. The van der Waals surface area contributed by atoms with Crippen LogP contribution in [-0.4, -0.2) is 34.0 Å². The molecule has 0 spiro atoms. The summed E-state index contributed by atoms with van der Waals surface area (Å²) in [6, 6.07) is 11.6. The van der Waals surface area contributed by atoms with E-state index in [4.69, 9.17) is 4.42 Å². The molecule has 0 atom stereocenters. The van der Waals surface area contributed by atoms with Gasteiger partial charge < -0.3 is 13.9 Å². The first-order valence-corrected chi connectivity index (χ1v) is 8.60. The van der Waals surface area contributed by atoms with E-state index in [0.29, 0.717) is 0 Å². The molecule has 0 unspecified atom stereocenters. The van der Waals surface area contributed by atoms with Crippen molar-refractivity contribution >= 4 is 29.1 Å². The number of nitrogens with zero attached hydrogens (tertiary/aromatic N) is 3. The summed E-state index contributed by atoms with van der Waals surface area (Å²) in [4.78, 5) is 19.0. The van der Waals surface area contributed by atoms with Crippen LogP contribution in [0.2, 0.25) is 0 Å². The normalized spacial score (nSPS) is 11.4. The minimum Gasteiger partial charge on any atom is -0.465 e. The van der Waals surface area contributed by atoms with E-state index < -0.39 is 0 Å². The van der Waals surface area contributed by atoms with Crippen LogP contribution in [0.15, 0.2) is 47.1 Å². The molecule has 1 amide bonds. The van der Waals surface area contributed by atoms with Crippen molar-refractivity contribution in [3.8, 4) is 0 Å². The number of hydrogen-bond donors (Lipinski definition) is 0. The number of fused-ring (bicyclic) bond motifs is 1. The van der Waals surface area contributed by atoms with Crippen molar-refractivity contribution in [1.82, 2.24) is 14.5 Å². The molecule has 5 heteroatoms. The van der Waals surface area contributed by atoms with Crippen LogP contribution in [-0.2, 0) is 11.3 Å². The Morgan fingerprint density at radius 1 is 1.24 bits per heavy atom. The van der Waals surface area contributed by atoms with Crippen molar-refractivity contribution in [3.63, 3.8) is 0 Å². The summed E-state index contributed by atoms with van der Waals surface area (Å²) >= 11 is 0. The summed E-state index contributed by atoms with van der Waals surface area (Å²) in [6.07, 6.45) is 7.47. The summed E-state index contributed by atoms with van der Waals surface area (Å²) in [7, 11) is 1.86. The average molecular weight is 337 g/mol. The number of amides is 1. The van der Waals surface area contributed by atoms with E-state index in [9.17, 15) is 4.79 Å². The number of carbonyl (C=O) groups is 1. The number of rotatable bonds is 7. The average Bonchev–Trinajstić information content (AvgIpc) is 3.26. The Labute approximate surface area is 147 Å². The highest BCUT2D eigenvalue weighted by atomic mass is 16.3. The predicted octanol–water partition coefficient (Wildman–Crippen LogP) is 4.06. The largest absolute Gasteiger partial charge is 0.465 e. The third-order valence-corrected chi connectivity index (χ3v) is 4.19. The quantitative estimate of drug-likeness (QED) is 0.653. The zero-order valence-electron chi connectivity index (χ0n) is 14.7. The number of carbonyl (C=O) groups excluding carboxylic acids is 1. The van der Waals surface area contributed by atoms with Crippen molar-refractivity contribution in [3.05, 3.63) is 54.2 Å². The summed E-state index contributed by atoms with van der Waals surface area (Å²) in [5.74, 6) is 1.59. The molecular weight excluding hydrogens is 314 g/mol. The lowest BCUT2D eigenvalue weighted by molar-refractivity contribution is -0.130. The monoisotopic (exact) mass is 337 g/mol. The smallest absolute Gasteiger partial charge is 0.242 e. The minimum absolute atomic E-state index is 0.0873. The second kappa shape index (κ2) is 7.83. The molecule has 1 aromatic carbocycles. The van der Waals surface area contributed by atoms with Crippen LogP contribution in [0.25, 0.3) is 23.2 Å². The topological polar surface area (TPSA) is 51.3 Å². The number of hydrogen-bond acceptors (Lipinski definition) is 3. The molecule has 0 aliphatic carbocycles. The van der Waals surface area contributed by atoms with Gasteiger partial charge in [0.05, 0.1) is 17.3 Å². The van der Waals surface area contributed by atoms with Crippen molar-refractivity contribution in [1.29, 1.82) is 0 Å². The Balaban J connectivity index is 1.89. The highest BCUT2D eigenvalue weighted by molar-refractivity contribution is 5.83. The zero-order valence-corrected chi connectivity index (χ0v) is 14.7. The SMILES string of the molecule is CCCCN(C)C(=O)Cn1c(/C=C/c2ccco2)nc2ccccc21. The van der Waals surface area contributed by atoms with Gasteiger partial charge in [0.1, 0.15) is 18.1 Å². The van der Waals surface area contributed by atoms with Crippen molar-refractivity contribution < 1.29 is 9.21 Å². The maximum atomic E-state index is 12.6. The first-order valence-electron chi connectivity index (χ1n) is 8.60. The van der Waals surface area contributed by atoms with Gasteiger partial charge in [-0.1, -0.05) is 25.5 Å². The molecule has 3 aromatic rings. The van der Waals surface area contributed by atoms with Gasteiger partial charge in [0, 0.05) is 13.6 Å². The van der Waals surface area contributed by atoms with Crippen molar-refractivity contribution in [2.75, 3.05) is 13.6 Å². The fraction of sp³-hybridized carbons (Fsp3) is 0.300. The summed E-state index contributed by atoms with van der Waals surface area (Å²) in [6.45, 7) is 3.18. The van der Waals surface area contributed by atoms with Gasteiger partial charge >= 0.3 is 0 Å². The Hall–Kier alpha value is -2.82. The molecule has 0 radical (unpaired) electrons. The maximum absolute atomic E-state index is 12.6. The van der Waals surface area contributed by atoms with Gasteiger partial charge in [-0.05, 0) is 42.8 Å². The van der Waals surface area contributed by atoms with E-state index in [0.717, 1.165) is 42.0 Å². The zero-order chi connectivity index (χ0) is 17.6. The molecule has 130 valence electrons. The number of benzene rings is 1. The lowest BCUT2D eigenvalue weighted by Crippen LogP contribution is -2.31. The Morgan fingerprint density at radius 3 is 2.84 bits per heavy atom.